The second kappa shape index (κ2) is 8.76. The van der Waals surface area contributed by atoms with Gasteiger partial charge in [-0.3, -0.25) is 4.79 Å². The molecule has 0 saturated heterocycles. The summed E-state index contributed by atoms with van der Waals surface area (Å²) in [6, 6.07) is 20.8. The maximum absolute atomic E-state index is 12.1. The van der Waals surface area contributed by atoms with Crippen molar-refractivity contribution in [3.8, 4) is 11.5 Å². The fourth-order valence-corrected chi connectivity index (χ4v) is 2.35. The summed E-state index contributed by atoms with van der Waals surface area (Å²) in [7, 11) is 1.72. The first kappa shape index (κ1) is 17.6. The number of hydrogen-bond acceptors (Lipinski definition) is 4. The molecule has 0 atom stereocenters. The molecule has 1 heterocycles. The molecule has 134 valence electrons. The van der Waals surface area contributed by atoms with E-state index in [1.54, 1.807) is 36.4 Å². The van der Waals surface area contributed by atoms with Gasteiger partial charge in [-0.1, -0.05) is 30.3 Å². The monoisotopic (exact) mass is 351 g/mol. The first-order valence-corrected chi connectivity index (χ1v) is 8.36. The van der Waals surface area contributed by atoms with Crippen LogP contribution in [0.2, 0.25) is 0 Å². The van der Waals surface area contributed by atoms with E-state index < -0.39 is 0 Å². The zero-order chi connectivity index (χ0) is 18.2. The number of furan rings is 1. The van der Waals surface area contributed by atoms with E-state index in [0.29, 0.717) is 18.9 Å². The lowest BCUT2D eigenvalue weighted by atomic mass is 10.2. The van der Waals surface area contributed by atoms with E-state index in [2.05, 4.69) is 0 Å². The molecular formula is C21H21NO4. The van der Waals surface area contributed by atoms with E-state index in [4.69, 9.17) is 13.9 Å². The number of rotatable bonds is 8. The summed E-state index contributed by atoms with van der Waals surface area (Å²) in [6.45, 7) is 0.903. The fraction of sp³-hybridized carbons (Fsp3) is 0.190. The van der Waals surface area contributed by atoms with Crippen LogP contribution in [0.3, 0.4) is 0 Å². The van der Waals surface area contributed by atoms with Crippen LogP contribution in [0.15, 0.2) is 77.4 Å². The second-order valence-corrected chi connectivity index (χ2v) is 5.86. The molecule has 0 N–H and O–H groups in total. The number of amides is 1. The average Bonchev–Trinajstić information content (AvgIpc) is 3.19. The van der Waals surface area contributed by atoms with E-state index in [1.165, 1.54) is 0 Å². The van der Waals surface area contributed by atoms with Crippen molar-refractivity contribution in [1.29, 1.82) is 0 Å². The number of carbonyl (C=O) groups excluding carboxylic acids is 1. The molecule has 3 aromatic rings. The number of benzene rings is 2. The zero-order valence-electron chi connectivity index (χ0n) is 14.6. The topological polar surface area (TPSA) is 51.9 Å². The Labute approximate surface area is 152 Å². The highest BCUT2D eigenvalue weighted by molar-refractivity contribution is 5.77. The second-order valence-electron chi connectivity index (χ2n) is 5.86. The number of ether oxygens (including phenoxy) is 2. The Hall–Kier alpha value is -3.21. The van der Waals surface area contributed by atoms with Crippen LogP contribution < -0.4 is 9.47 Å². The van der Waals surface area contributed by atoms with E-state index >= 15 is 0 Å². The molecule has 3 rings (SSSR count). The molecule has 0 bridgehead atoms. The van der Waals surface area contributed by atoms with Gasteiger partial charge in [0.25, 0.3) is 5.91 Å². The van der Waals surface area contributed by atoms with Gasteiger partial charge in [0, 0.05) is 7.05 Å². The highest BCUT2D eigenvalue weighted by atomic mass is 16.5. The van der Waals surface area contributed by atoms with Crippen LogP contribution in [-0.2, 0) is 17.9 Å². The molecule has 26 heavy (non-hydrogen) atoms. The van der Waals surface area contributed by atoms with Crippen molar-refractivity contribution in [2.45, 2.75) is 13.2 Å². The highest BCUT2D eigenvalue weighted by Gasteiger charge is 2.11. The van der Waals surface area contributed by atoms with Crippen LogP contribution in [-0.4, -0.2) is 24.5 Å². The summed E-state index contributed by atoms with van der Waals surface area (Å²) in [4.78, 5) is 13.7. The van der Waals surface area contributed by atoms with E-state index in [9.17, 15) is 4.79 Å². The minimum atomic E-state index is -0.120. The summed E-state index contributed by atoms with van der Waals surface area (Å²) in [5.41, 5.74) is 1.11. The summed E-state index contributed by atoms with van der Waals surface area (Å²) >= 11 is 0. The summed E-state index contributed by atoms with van der Waals surface area (Å²) < 4.78 is 16.5. The van der Waals surface area contributed by atoms with Crippen molar-refractivity contribution in [2.75, 3.05) is 13.7 Å². The molecule has 0 aliphatic carbocycles. The Morgan fingerprint density at radius 2 is 1.62 bits per heavy atom. The minimum absolute atomic E-state index is 0.0264. The normalized spacial score (nSPS) is 10.3. The van der Waals surface area contributed by atoms with Crippen molar-refractivity contribution >= 4 is 5.91 Å². The molecule has 5 nitrogen and oxygen atoms in total. The predicted octanol–water partition coefficient (Wildman–Crippen LogP) is 3.90. The molecule has 0 aliphatic heterocycles. The third kappa shape index (κ3) is 5.14. The van der Waals surface area contributed by atoms with Gasteiger partial charge in [0.2, 0.25) is 0 Å². The Kier molecular flexibility index (Phi) is 5.93. The van der Waals surface area contributed by atoms with Crippen LogP contribution in [0.1, 0.15) is 11.3 Å². The van der Waals surface area contributed by atoms with Crippen LogP contribution in [0.5, 0.6) is 11.5 Å². The van der Waals surface area contributed by atoms with E-state index in [-0.39, 0.29) is 12.5 Å². The van der Waals surface area contributed by atoms with Crippen molar-refractivity contribution in [3.05, 3.63) is 84.3 Å². The summed E-state index contributed by atoms with van der Waals surface area (Å²) in [5, 5.41) is 0. The number of nitrogens with zero attached hydrogens (tertiary/aromatic N) is 1. The van der Waals surface area contributed by atoms with Gasteiger partial charge in [0.15, 0.2) is 6.61 Å². The quantitative estimate of drug-likeness (QED) is 0.618. The molecule has 0 radical (unpaired) electrons. The van der Waals surface area contributed by atoms with Crippen molar-refractivity contribution in [1.82, 2.24) is 4.90 Å². The number of carbonyl (C=O) groups is 1. The van der Waals surface area contributed by atoms with Gasteiger partial charge in [0.05, 0.1) is 12.8 Å². The SMILES string of the molecule is CN(Cc1ccco1)C(=O)COc1ccc(OCc2ccccc2)cc1. The zero-order valence-corrected chi connectivity index (χ0v) is 14.6. The van der Waals surface area contributed by atoms with Crippen LogP contribution in [0.4, 0.5) is 0 Å². The third-order valence-electron chi connectivity index (χ3n) is 3.83. The Bertz CT molecular complexity index is 798. The van der Waals surface area contributed by atoms with Crippen molar-refractivity contribution < 1.29 is 18.7 Å². The van der Waals surface area contributed by atoms with Crippen LogP contribution in [0.25, 0.3) is 0 Å². The standard InChI is InChI=1S/C21H21NO4/c1-22(14-20-8-5-13-24-20)21(23)16-26-19-11-9-18(10-12-19)25-15-17-6-3-2-4-7-17/h2-13H,14-16H2,1H3. The van der Waals surface area contributed by atoms with Crippen LogP contribution >= 0.6 is 0 Å². The molecule has 0 spiro atoms. The largest absolute Gasteiger partial charge is 0.489 e. The summed E-state index contributed by atoms with van der Waals surface area (Å²) in [5.74, 6) is 1.99. The molecule has 0 unspecified atom stereocenters. The lowest BCUT2D eigenvalue weighted by Gasteiger charge is -2.16. The first-order chi connectivity index (χ1) is 12.7. The Morgan fingerprint density at radius 3 is 2.27 bits per heavy atom. The van der Waals surface area contributed by atoms with Crippen molar-refractivity contribution in [2.24, 2.45) is 0 Å². The Balaban J connectivity index is 1.44. The third-order valence-corrected chi connectivity index (χ3v) is 3.83. The van der Waals surface area contributed by atoms with E-state index in [1.807, 2.05) is 48.5 Å². The average molecular weight is 351 g/mol. The van der Waals surface area contributed by atoms with Gasteiger partial charge in [-0.25, -0.2) is 0 Å². The molecule has 2 aromatic carbocycles. The molecule has 5 heteroatoms. The van der Waals surface area contributed by atoms with Gasteiger partial charge in [-0.15, -0.1) is 0 Å². The lowest BCUT2D eigenvalue weighted by molar-refractivity contribution is -0.132. The molecular weight excluding hydrogens is 330 g/mol. The lowest BCUT2D eigenvalue weighted by Crippen LogP contribution is -2.30. The van der Waals surface area contributed by atoms with Gasteiger partial charge in [-0.05, 0) is 42.0 Å². The smallest absolute Gasteiger partial charge is 0.260 e. The fourth-order valence-electron chi connectivity index (χ4n) is 2.35. The molecule has 1 aromatic heterocycles. The van der Waals surface area contributed by atoms with Crippen LogP contribution in [0, 0.1) is 0 Å². The highest BCUT2D eigenvalue weighted by Crippen LogP contribution is 2.19. The van der Waals surface area contributed by atoms with Gasteiger partial charge in [-0.2, -0.15) is 0 Å². The van der Waals surface area contributed by atoms with E-state index in [0.717, 1.165) is 17.1 Å². The van der Waals surface area contributed by atoms with Gasteiger partial charge >= 0.3 is 0 Å². The van der Waals surface area contributed by atoms with Gasteiger partial charge < -0.3 is 18.8 Å². The molecule has 1 amide bonds. The van der Waals surface area contributed by atoms with Gasteiger partial charge in [0.1, 0.15) is 23.9 Å². The molecule has 0 aliphatic rings. The predicted molar refractivity (Wildman–Crippen MR) is 97.9 cm³/mol. The Morgan fingerprint density at radius 1 is 0.923 bits per heavy atom. The molecule has 0 saturated carbocycles. The number of hydrogen-bond donors (Lipinski definition) is 0. The first-order valence-electron chi connectivity index (χ1n) is 8.36. The van der Waals surface area contributed by atoms with Crippen molar-refractivity contribution in [3.63, 3.8) is 0 Å². The summed E-state index contributed by atoms with van der Waals surface area (Å²) in [6.07, 6.45) is 1.59. The minimum Gasteiger partial charge on any atom is -0.489 e. The molecule has 0 fully saturated rings. The maximum Gasteiger partial charge on any atom is 0.260 e. The maximum atomic E-state index is 12.1. The number of likely N-dealkylation sites (N-methyl/N-ethyl adjacent to an activating group) is 1.